The molecule has 0 N–H and O–H groups in total. The molecule has 0 saturated heterocycles. The highest BCUT2D eigenvalue weighted by molar-refractivity contribution is 7.93. The van der Waals surface area contributed by atoms with Crippen molar-refractivity contribution >= 4 is 26.5 Å². The molecule has 0 fully saturated rings. The minimum atomic E-state index is -3.86. The predicted molar refractivity (Wildman–Crippen MR) is 108 cm³/mol. The normalized spacial score (nSPS) is 11.3. The first-order valence-electron chi connectivity index (χ1n) is 8.53. The molecule has 0 saturated carbocycles. The summed E-state index contributed by atoms with van der Waals surface area (Å²) in [6.45, 7) is -0.146. The van der Waals surface area contributed by atoms with Crippen LogP contribution in [0.2, 0.25) is 0 Å². The quantitative estimate of drug-likeness (QED) is 0.443. The number of benzene rings is 2. The molecule has 0 aliphatic rings. The van der Waals surface area contributed by atoms with Crippen LogP contribution in [0.1, 0.15) is 5.89 Å². The number of sulfonamides is 1. The number of hydrogen-bond donors (Lipinski definition) is 0. The molecule has 10 heteroatoms. The van der Waals surface area contributed by atoms with Crippen LogP contribution in [0.15, 0.2) is 75.6 Å². The number of nitrogens with zero attached hydrogens (tertiary/aromatic N) is 4. The summed E-state index contributed by atoms with van der Waals surface area (Å²) in [7, 11) is -2.31. The number of hydrogen-bond acceptors (Lipinski definition) is 8. The molecule has 2 aromatic heterocycles. The number of anilines is 1. The van der Waals surface area contributed by atoms with Crippen molar-refractivity contribution in [3.05, 3.63) is 72.1 Å². The van der Waals surface area contributed by atoms with E-state index < -0.39 is 10.0 Å². The first kappa shape index (κ1) is 19.1. The molecule has 0 radical (unpaired) electrons. The van der Waals surface area contributed by atoms with Crippen LogP contribution in [-0.2, 0) is 16.6 Å². The summed E-state index contributed by atoms with van der Waals surface area (Å²) >= 11 is 1.21. The van der Waals surface area contributed by atoms with Crippen molar-refractivity contribution < 1.29 is 17.7 Å². The maximum absolute atomic E-state index is 13.2. The topological polar surface area (TPSA) is 98.4 Å². The van der Waals surface area contributed by atoms with Gasteiger partial charge in [0, 0.05) is 11.6 Å². The van der Waals surface area contributed by atoms with Crippen LogP contribution in [0, 0.1) is 0 Å². The van der Waals surface area contributed by atoms with E-state index in [1.807, 2.05) is 12.1 Å². The van der Waals surface area contributed by atoms with E-state index in [-0.39, 0.29) is 17.3 Å². The zero-order valence-electron chi connectivity index (χ0n) is 15.3. The third-order valence-corrected chi connectivity index (χ3v) is 6.72. The highest BCUT2D eigenvalue weighted by atomic mass is 32.2. The van der Waals surface area contributed by atoms with Gasteiger partial charge in [0.15, 0.2) is 5.13 Å². The van der Waals surface area contributed by atoms with Gasteiger partial charge in [-0.3, -0.25) is 0 Å². The number of rotatable bonds is 7. The second-order valence-electron chi connectivity index (χ2n) is 5.85. The van der Waals surface area contributed by atoms with Gasteiger partial charge < -0.3 is 9.26 Å². The molecule has 0 aliphatic heterocycles. The van der Waals surface area contributed by atoms with Crippen LogP contribution in [0.3, 0.4) is 0 Å². The Labute approximate surface area is 171 Å². The lowest BCUT2D eigenvalue weighted by atomic mass is 10.2. The molecule has 2 aromatic carbocycles. The van der Waals surface area contributed by atoms with Gasteiger partial charge in [0.2, 0.25) is 11.7 Å². The Morgan fingerprint density at radius 1 is 1.10 bits per heavy atom. The van der Waals surface area contributed by atoms with Crippen molar-refractivity contribution in [2.75, 3.05) is 11.4 Å². The third-order valence-electron chi connectivity index (χ3n) is 4.06. The largest absolute Gasteiger partial charge is 0.496 e. The molecule has 0 amide bonds. The van der Waals surface area contributed by atoms with Crippen molar-refractivity contribution in [2.24, 2.45) is 0 Å². The lowest BCUT2D eigenvalue weighted by Gasteiger charge is -2.19. The van der Waals surface area contributed by atoms with Crippen molar-refractivity contribution in [3.63, 3.8) is 0 Å². The van der Waals surface area contributed by atoms with E-state index in [1.54, 1.807) is 49.0 Å². The maximum Gasteiger partial charge on any atom is 0.266 e. The fourth-order valence-corrected chi connectivity index (χ4v) is 4.95. The number of methoxy groups -OCH3 is 1. The van der Waals surface area contributed by atoms with E-state index >= 15 is 0 Å². The Morgan fingerprint density at radius 3 is 2.59 bits per heavy atom. The molecule has 0 bridgehead atoms. The Hall–Kier alpha value is -3.24. The fourth-order valence-electron chi connectivity index (χ4n) is 2.69. The zero-order chi connectivity index (χ0) is 20.3. The second kappa shape index (κ2) is 8.02. The summed E-state index contributed by atoms with van der Waals surface area (Å²) < 4.78 is 38.2. The molecule has 0 aliphatic carbocycles. The first-order chi connectivity index (χ1) is 14.1. The SMILES string of the molecule is COc1ccccc1-c1noc(CN(c2nccs2)S(=O)(=O)c2ccccc2)n1. The van der Waals surface area contributed by atoms with Gasteiger partial charge in [0.25, 0.3) is 10.0 Å². The van der Waals surface area contributed by atoms with Crippen molar-refractivity contribution in [3.8, 4) is 17.1 Å². The molecule has 2 heterocycles. The van der Waals surface area contributed by atoms with Gasteiger partial charge >= 0.3 is 0 Å². The van der Waals surface area contributed by atoms with Crippen LogP contribution in [0.4, 0.5) is 5.13 Å². The van der Waals surface area contributed by atoms with Gasteiger partial charge in [-0.15, -0.1) is 11.3 Å². The Bertz CT molecular complexity index is 1190. The highest BCUT2D eigenvalue weighted by Crippen LogP contribution is 2.30. The van der Waals surface area contributed by atoms with Crippen LogP contribution in [0.25, 0.3) is 11.4 Å². The van der Waals surface area contributed by atoms with Crippen molar-refractivity contribution in [1.29, 1.82) is 0 Å². The van der Waals surface area contributed by atoms with E-state index in [9.17, 15) is 8.42 Å². The van der Waals surface area contributed by atoms with E-state index in [0.717, 1.165) is 4.31 Å². The van der Waals surface area contributed by atoms with Gasteiger partial charge in [0.1, 0.15) is 12.3 Å². The molecule has 0 unspecified atom stereocenters. The van der Waals surface area contributed by atoms with Crippen LogP contribution < -0.4 is 9.04 Å². The van der Waals surface area contributed by atoms with Crippen LogP contribution >= 0.6 is 11.3 Å². The molecule has 0 spiro atoms. The molecule has 0 atom stereocenters. The summed E-state index contributed by atoms with van der Waals surface area (Å²) in [5.74, 6) is 1.04. The lowest BCUT2D eigenvalue weighted by molar-refractivity contribution is 0.379. The predicted octanol–water partition coefficient (Wildman–Crippen LogP) is 3.60. The number of thiazole rings is 1. The first-order valence-corrected chi connectivity index (χ1v) is 10.8. The maximum atomic E-state index is 13.2. The summed E-state index contributed by atoms with van der Waals surface area (Å²) in [5.41, 5.74) is 0.650. The standard InChI is InChI=1S/C19H16N4O4S2/c1-26-16-10-6-5-9-15(16)18-21-17(27-22-18)13-23(19-20-11-12-28-19)29(24,25)14-7-3-2-4-8-14/h2-12H,13H2,1H3. The van der Waals surface area contributed by atoms with E-state index in [4.69, 9.17) is 9.26 Å². The highest BCUT2D eigenvalue weighted by Gasteiger charge is 2.29. The van der Waals surface area contributed by atoms with Crippen LogP contribution in [-0.4, -0.2) is 30.7 Å². The van der Waals surface area contributed by atoms with E-state index in [2.05, 4.69) is 15.1 Å². The summed E-state index contributed by atoms with van der Waals surface area (Å²) in [5, 5.41) is 6.00. The monoisotopic (exact) mass is 428 g/mol. The molecular weight excluding hydrogens is 412 g/mol. The Kier molecular flexibility index (Phi) is 5.28. The van der Waals surface area contributed by atoms with Gasteiger partial charge in [-0.1, -0.05) is 35.5 Å². The smallest absolute Gasteiger partial charge is 0.266 e. The molecule has 8 nitrogen and oxygen atoms in total. The molecule has 29 heavy (non-hydrogen) atoms. The van der Waals surface area contributed by atoms with Crippen molar-refractivity contribution in [1.82, 2.24) is 15.1 Å². The average Bonchev–Trinajstić information content (AvgIpc) is 3.44. The van der Waals surface area contributed by atoms with Crippen molar-refractivity contribution in [2.45, 2.75) is 11.4 Å². The molecular formula is C19H16N4O4S2. The summed E-state index contributed by atoms with van der Waals surface area (Å²) in [4.78, 5) is 8.66. The van der Waals surface area contributed by atoms with Gasteiger partial charge in [-0.25, -0.2) is 17.7 Å². The minimum absolute atomic E-state index is 0.139. The summed E-state index contributed by atoms with van der Waals surface area (Å²) in [6.07, 6.45) is 1.54. The van der Waals surface area contributed by atoms with E-state index in [0.29, 0.717) is 22.3 Å². The van der Waals surface area contributed by atoms with E-state index in [1.165, 1.54) is 23.5 Å². The van der Waals surface area contributed by atoms with Crippen LogP contribution in [0.5, 0.6) is 5.75 Å². The number of ether oxygens (including phenoxy) is 1. The Balaban J connectivity index is 1.69. The molecule has 4 rings (SSSR count). The Morgan fingerprint density at radius 2 is 1.86 bits per heavy atom. The second-order valence-corrected chi connectivity index (χ2v) is 8.59. The fraction of sp³-hybridized carbons (Fsp3) is 0.105. The number of aromatic nitrogens is 3. The van der Waals surface area contributed by atoms with Gasteiger partial charge in [-0.05, 0) is 24.3 Å². The minimum Gasteiger partial charge on any atom is -0.496 e. The molecule has 148 valence electrons. The van der Waals surface area contributed by atoms with Gasteiger partial charge in [-0.2, -0.15) is 4.98 Å². The zero-order valence-corrected chi connectivity index (χ0v) is 16.9. The lowest BCUT2D eigenvalue weighted by Crippen LogP contribution is -2.30. The number of para-hydroxylation sites is 1. The average molecular weight is 428 g/mol. The molecule has 4 aromatic rings. The van der Waals surface area contributed by atoms with Gasteiger partial charge in [0.05, 0.1) is 17.6 Å². The summed E-state index contributed by atoms with van der Waals surface area (Å²) in [6, 6.07) is 15.4. The third kappa shape index (κ3) is 3.84.